The second kappa shape index (κ2) is 4.34. The van der Waals surface area contributed by atoms with E-state index in [1.165, 1.54) is 32.1 Å². The zero-order valence-corrected chi connectivity index (χ0v) is 13.7. The molecule has 4 aliphatic rings. The molecule has 0 amide bonds. The molecule has 0 aromatic carbocycles. The Morgan fingerprint density at radius 1 is 1.00 bits per heavy atom. The van der Waals surface area contributed by atoms with Crippen LogP contribution in [0.4, 0.5) is 0 Å². The second-order valence-corrected chi connectivity index (χ2v) is 9.11. The van der Waals surface area contributed by atoms with Crippen molar-refractivity contribution in [2.24, 2.45) is 28.6 Å². The minimum Gasteiger partial charge on any atom is -0.389 e. The van der Waals surface area contributed by atoms with Gasteiger partial charge in [0, 0.05) is 12.8 Å². The molecule has 21 heavy (non-hydrogen) atoms. The summed E-state index contributed by atoms with van der Waals surface area (Å²) in [6.07, 6.45) is 10.9. The minimum atomic E-state index is -0.411. The first-order valence-corrected chi connectivity index (χ1v) is 9.13. The van der Waals surface area contributed by atoms with Crippen LogP contribution >= 0.6 is 0 Å². The Morgan fingerprint density at radius 3 is 2.62 bits per heavy atom. The maximum atomic E-state index is 11.9. The van der Waals surface area contributed by atoms with Crippen molar-refractivity contribution in [2.45, 2.75) is 83.7 Å². The van der Waals surface area contributed by atoms with E-state index in [1.54, 1.807) is 0 Å². The molecule has 0 heterocycles. The van der Waals surface area contributed by atoms with Gasteiger partial charge in [0.25, 0.3) is 0 Å². The van der Waals surface area contributed by atoms with Crippen molar-refractivity contribution in [3.63, 3.8) is 0 Å². The molecule has 2 nitrogen and oxygen atoms in total. The lowest BCUT2D eigenvalue weighted by Gasteiger charge is -2.62. The molecule has 118 valence electrons. The number of hydrogen-bond donors (Lipinski definition) is 1. The van der Waals surface area contributed by atoms with Crippen LogP contribution in [0.1, 0.15) is 78.1 Å². The van der Waals surface area contributed by atoms with E-state index in [2.05, 4.69) is 13.8 Å². The van der Waals surface area contributed by atoms with Crippen LogP contribution in [-0.2, 0) is 4.79 Å². The van der Waals surface area contributed by atoms with Crippen molar-refractivity contribution in [2.75, 3.05) is 0 Å². The van der Waals surface area contributed by atoms with Crippen LogP contribution in [0.2, 0.25) is 0 Å². The lowest BCUT2D eigenvalue weighted by Crippen LogP contribution is -2.61. The summed E-state index contributed by atoms with van der Waals surface area (Å²) in [5.74, 6) is 2.22. The topological polar surface area (TPSA) is 37.3 Å². The number of fused-ring (bicyclic) bond motifs is 5. The van der Waals surface area contributed by atoms with Crippen molar-refractivity contribution >= 4 is 5.78 Å². The highest BCUT2D eigenvalue weighted by atomic mass is 16.3. The van der Waals surface area contributed by atoms with Crippen LogP contribution in [0.3, 0.4) is 0 Å². The number of ketones is 1. The maximum Gasteiger partial charge on any atom is 0.133 e. The molecule has 4 fully saturated rings. The summed E-state index contributed by atoms with van der Waals surface area (Å²) in [7, 11) is 0. The van der Waals surface area contributed by atoms with Gasteiger partial charge in [0.2, 0.25) is 0 Å². The van der Waals surface area contributed by atoms with Gasteiger partial charge in [-0.15, -0.1) is 0 Å². The first-order valence-electron chi connectivity index (χ1n) is 9.13. The number of carbonyl (C=O) groups excluding carboxylic acids is 1. The molecule has 2 heteroatoms. The van der Waals surface area contributed by atoms with Gasteiger partial charge in [0.1, 0.15) is 5.78 Å². The van der Waals surface area contributed by atoms with Crippen LogP contribution in [0.15, 0.2) is 0 Å². The van der Waals surface area contributed by atoms with Gasteiger partial charge < -0.3 is 5.11 Å². The third-order valence-electron chi connectivity index (χ3n) is 8.46. The molecule has 0 aliphatic heterocycles. The van der Waals surface area contributed by atoms with Gasteiger partial charge in [-0.1, -0.05) is 13.8 Å². The average molecular weight is 290 g/mol. The quantitative estimate of drug-likeness (QED) is 0.729. The summed E-state index contributed by atoms with van der Waals surface area (Å²) in [4.78, 5) is 11.9. The maximum absolute atomic E-state index is 11.9. The largest absolute Gasteiger partial charge is 0.389 e. The van der Waals surface area contributed by atoms with Crippen LogP contribution in [0, 0.1) is 28.6 Å². The SMILES string of the molecule is C[C@]12CCC(=O)C[C@H]1CC[C@@H]1[C@@H]2CC[C@]2(C)CCC[C@@]12O. The smallest absolute Gasteiger partial charge is 0.133 e. The first-order chi connectivity index (χ1) is 9.89. The predicted molar refractivity (Wildman–Crippen MR) is 82.8 cm³/mol. The number of Topliss-reactive ketones (excluding diaryl/α,β-unsaturated/α-hetero) is 1. The van der Waals surface area contributed by atoms with Crippen molar-refractivity contribution in [1.29, 1.82) is 0 Å². The summed E-state index contributed by atoms with van der Waals surface area (Å²) >= 11 is 0. The molecule has 6 atom stereocenters. The molecule has 0 aromatic heterocycles. The Labute approximate surface area is 128 Å². The van der Waals surface area contributed by atoms with Gasteiger partial charge in [-0.25, -0.2) is 0 Å². The summed E-state index contributed by atoms with van der Waals surface area (Å²) < 4.78 is 0. The highest BCUT2D eigenvalue weighted by Crippen LogP contribution is 2.67. The van der Waals surface area contributed by atoms with Gasteiger partial charge >= 0.3 is 0 Å². The van der Waals surface area contributed by atoms with E-state index in [4.69, 9.17) is 0 Å². The summed E-state index contributed by atoms with van der Waals surface area (Å²) in [5, 5.41) is 11.6. The molecule has 0 radical (unpaired) electrons. The first kappa shape index (κ1) is 14.2. The van der Waals surface area contributed by atoms with Crippen LogP contribution in [-0.4, -0.2) is 16.5 Å². The van der Waals surface area contributed by atoms with Crippen LogP contribution in [0.5, 0.6) is 0 Å². The molecular formula is C19H30O2. The third kappa shape index (κ3) is 1.72. The molecule has 0 spiro atoms. The second-order valence-electron chi connectivity index (χ2n) is 9.11. The standard InChI is InChI=1S/C19H30O2/c1-17-8-3-9-19(17,21)16-5-4-13-12-14(20)6-11-18(13,2)15(16)7-10-17/h13,15-16,21H,3-12H2,1-2H3/t13-,15+,16-,17+,18+,19-/m1/s1. The molecule has 4 rings (SSSR count). The zero-order valence-electron chi connectivity index (χ0n) is 13.7. The van der Waals surface area contributed by atoms with Gasteiger partial charge in [-0.2, -0.15) is 0 Å². The van der Waals surface area contributed by atoms with Crippen molar-refractivity contribution in [1.82, 2.24) is 0 Å². The van der Waals surface area contributed by atoms with Crippen LogP contribution in [0.25, 0.3) is 0 Å². The van der Waals surface area contributed by atoms with Crippen molar-refractivity contribution < 1.29 is 9.90 Å². The zero-order chi connectivity index (χ0) is 14.9. The van der Waals surface area contributed by atoms with Crippen molar-refractivity contribution in [3.8, 4) is 0 Å². The van der Waals surface area contributed by atoms with Gasteiger partial charge in [0.05, 0.1) is 5.60 Å². The van der Waals surface area contributed by atoms with Crippen LogP contribution < -0.4 is 0 Å². The molecule has 0 bridgehead atoms. The Morgan fingerprint density at radius 2 is 1.81 bits per heavy atom. The molecular weight excluding hydrogens is 260 g/mol. The molecule has 0 saturated heterocycles. The van der Waals surface area contributed by atoms with Gasteiger partial charge in [-0.3, -0.25) is 4.79 Å². The summed E-state index contributed by atoms with van der Waals surface area (Å²) in [6, 6.07) is 0. The van der Waals surface area contributed by atoms with Crippen molar-refractivity contribution in [3.05, 3.63) is 0 Å². The molecule has 4 saturated carbocycles. The van der Waals surface area contributed by atoms with E-state index in [1.807, 2.05) is 0 Å². The minimum absolute atomic E-state index is 0.169. The average Bonchev–Trinajstić information content (AvgIpc) is 2.75. The highest BCUT2D eigenvalue weighted by molar-refractivity contribution is 5.79. The Kier molecular flexibility index (Phi) is 2.94. The van der Waals surface area contributed by atoms with E-state index in [9.17, 15) is 9.90 Å². The van der Waals surface area contributed by atoms with E-state index >= 15 is 0 Å². The van der Waals surface area contributed by atoms with E-state index in [0.717, 1.165) is 32.1 Å². The van der Waals surface area contributed by atoms with Gasteiger partial charge in [0.15, 0.2) is 0 Å². The Balaban J connectivity index is 1.69. The molecule has 4 aliphatic carbocycles. The monoisotopic (exact) mass is 290 g/mol. The Bertz CT molecular complexity index is 472. The fraction of sp³-hybridized carbons (Fsp3) is 0.947. The summed E-state index contributed by atoms with van der Waals surface area (Å²) in [6.45, 7) is 4.79. The fourth-order valence-corrected chi connectivity index (χ4v) is 7.00. The number of carbonyl (C=O) groups is 1. The fourth-order valence-electron chi connectivity index (χ4n) is 7.00. The normalized spacial score (nSPS) is 56.5. The molecule has 0 unspecified atom stereocenters. The van der Waals surface area contributed by atoms with Gasteiger partial charge in [-0.05, 0) is 80.0 Å². The molecule has 0 aromatic rings. The van der Waals surface area contributed by atoms with E-state index in [-0.39, 0.29) is 5.41 Å². The number of hydrogen-bond acceptors (Lipinski definition) is 2. The third-order valence-corrected chi connectivity index (χ3v) is 8.46. The predicted octanol–water partition coefficient (Wildman–Crippen LogP) is 4.10. The highest BCUT2D eigenvalue weighted by Gasteiger charge is 2.64. The number of aliphatic hydroxyl groups is 1. The lowest BCUT2D eigenvalue weighted by atomic mass is 9.44. The summed E-state index contributed by atoms with van der Waals surface area (Å²) in [5.41, 5.74) is 0.0731. The number of rotatable bonds is 0. The van der Waals surface area contributed by atoms with E-state index in [0.29, 0.717) is 29.0 Å². The van der Waals surface area contributed by atoms with E-state index < -0.39 is 5.60 Å². The lowest BCUT2D eigenvalue weighted by molar-refractivity contribution is -0.197. The Hall–Kier alpha value is -0.370. The molecule has 1 N–H and O–H groups in total.